The Morgan fingerprint density at radius 1 is 0.576 bits per heavy atom. The number of halogens is 2. The molecule has 0 amide bonds. The van der Waals surface area contributed by atoms with Gasteiger partial charge >= 0.3 is 0 Å². The largest absolute Gasteiger partial charge is 0.134 e. The molecule has 0 nitrogen and oxygen atoms in total. The average molecular weight is 725 g/mol. The van der Waals surface area contributed by atoms with Gasteiger partial charge in [-0.15, -0.1) is 68.0 Å². The van der Waals surface area contributed by atoms with Crippen molar-refractivity contribution >= 4 is 174 Å². The third-order valence-electron chi connectivity index (χ3n) is 5.55. The van der Waals surface area contributed by atoms with Gasteiger partial charge in [0.2, 0.25) is 0 Å². The van der Waals surface area contributed by atoms with Gasteiger partial charge in [0.15, 0.2) is 0 Å². The Kier molecular flexibility index (Phi) is 6.08. The molecule has 11 heteroatoms. The first-order valence-corrected chi connectivity index (χ1v) is 24.7. The van der Waals surface area contributed by atoms with Crippen LogP contribution in [0.25, 0.3) is 37.6 Å². The summed E-state index contributed by atoms with van der Waals surface area (Å²) in [5, 5.41) is 5.77. The molecule has 0 aliphatic rings. The van der Waals surface area contributed by atoms with Gasteiger partial charge in [0.05, 0.1) is 49.6 Å². The van der Waals surface area contributed by atoms with Crippen molar-refractivity contribution in [3.05, 3.63) is 21.1 Å². The van der Waals surface area contributed by atoms with Crippen molar-refractivity contribution in [2.75, 3.05) is 0 Å². The fourth-order valence-corrected chi connectivity index (χ4v) is 20.2. The standard InChI is InChI=1S/C22H20Br2S7Si2/c1-32(2,3)11-7-9-13-15(23)21(29-19(13)27-17(9)25-11)31-22-16(24)14-10-8-12(33(4,5)6)26-18(10)28-20(14)30-22/h7-8H,1-6H3. The third-order valence-corrected chi connectivity index (χ3v) is 24.1. The first-order chi connectivity index (χ1) is 15.4. The quantitative estimate of drug-likeness (QED) is 0.163. The number of fused-ring (bicyclic) bond motifs is 6. The molecule has 6 aromatic rings. The van der Waals surface area contributed by atoms with E-state index in [-0.39, 0.29) is 0 Å². The van der Waals surface area contributed by atoms with Crippen LogP contribution in [0.5, 0.6) is 0 Å². The van der Waals surface area contributed by atoms with Gasteiger partial charge < -0.3 is 0 Å². The van der Waals surface area contributed by atoms with Crippen LogP contribution in [0.3, 0.4) is 0 Å². The van der Waals surface area contributed by atoms with Gasteiger partial charge in [-0.2, -0.15) is 0 Å². The van der Waals surface area contributed by atoms with Gasteiger partial charge in [0.1, 0.15) is 0 Å². The zero-order valence-electron chi connectivity index (χ0n) is 18.8. The zero-order chi connectivity index (χ0) is 23.4. The zero-order valence-corrected chi connectivity index (χ0v) is 29.7. The molecule has 0 fully saturated rings. The number of thiophene rings is 6. The van der Waals surface area contributed by atoms with Gasteiger partial charge in [0.25, 0.3) is 0 Å². The predicted octanol–water partition coefficient (Wildman–Crippen LogP) is 11.4. The van der Waals surface area contributed by atoms with E-state index in [9.17, 15) is 0 Å². The van der Waals surface area contributed by atoms with E-state index in [2.05, 4.69) is 83.3 Å². The lowest BCUT2D eigenvalue weighted by Gasteiger charge is -2.11. The second-order valence-corrected chi connectivity index (χ2v) is 31.3. The highest BCUT2D eigenvalue weighted by atomic mass is 79.9. The van der Waals surface area contributed by atoms with Crippen LogP contribution in [0.1, 0.15) is 0 Å². The van der Waals surface area contributed by atoms with Crippen LogP contribution >= 0.6 is 112 Å². The monoisotopic (exact) mass is 722 g/mol. The number of hydrogen-bond acceptors (Lipinski definition) is 7. The van der Waals surface area contributed by atoms with Crippen LogP contribution < -0.4 is 9.00 Å². The Morgan fingerprint density at radius 3 is 1.33 bits per heavy atom. The van der Waals surface area contributed by atoms with Crippen LogP contribution in [-0.2, 0) is 0 Å². The first-order valence-electron chi connectivity index (χ1n) is 10.4. The van der Waals surface area contributed by atoms with Crippen molar-refractivity contribution in [2.24, 2.45) is 0 Å². The van der Waals surface area contributed by atoms with E-state index in [1.165, 1.54) is 55.0 Å². The highest BCUT2D eigenvalue weighted by Gasteiger charge is 2.26. The van der Waals surface area contributed by atoms with Crippen LogP contribution in [0.2, 0.25) is 39.3 Å². The molecule has 6 heterocycles. The fraction of sp³-hybridized carbons (Fsp3) is 0.273. The van der Waals surface area contributed by atoms with E-state index in [1.54, 1.807) is 9.00 Å². The summed E-state index contributed by atoms with van der Waals surface area (Å²) in [5.41, 5.74) is 0. The van der Waals surface area contributed by atoms with E-state index in [0.29, 0.717) is 0 Å². The molecular weight excluding hydrogens is 705 g/mol. The number of hydrogen-bond donors (Lipinski definition) is 0. The number of rotatable bonds is 4. The second kappa shape index (κ2) is 8.24. The van der Waals surface area contributed by atoms with Crippen molar-refractivity contribution in [2.45, 2.75) is 47.7 Å². The molecule has 0 saturated heterocycles. The van der Waals surface area contributed by atoms with Crippen molar-refractivity contribution in [1.82, 2.24) is 0 Å². The Hall–Kier alpha value is 0.984. The molecular formula is C22H20Br2S7Si2. The Morgan fingerprint density at radius 2 is 0.970 bits per heavy atom. The predicted molar refractivity (Wildman–Crippen MR) is 176 cm³/mol. The maximum Gasteiger partial charge on any atom is 0.0910 e. The molecule has 0 aromatic carbocycles. The lowest BCUT2D eigenvalue weighted by Crippen LogP contribution is -2.34. The lowest BCUT2D eigenvalue weighted by molar-refractivity contribution is 1.62. The van der Waals surface area contributed by atoms with Crippen LogP contribution in [0.4, 0.5) is 0 Å². The van der Waals surface area contributed by atoms with Gasteiger partial charge in [-0.3, -0.25) is 0 Å². The molecule has 6 rings (SSSR count). The van der Waals surface area contributed by atoms with Gasteiger partial charge in [-0.05, 0) is 53.0 Å². The van der Waals surface area contributed by atoms with Crippen molar-refractivity contribution in [1.29, 1.82) is 0 Å². The van der Waals surface area contributed by atoms with Gasteiger partial charge in [-0.25, -0.2) is 0 Å². The summed E-state index contributed by atoms with van der Waals surface area (Å²) in [5.74, 6) is 0. The topological polar surface area (TPSA) is 0 Å². The van der Waals surface area contributed by atoms with Gasteiger partial charge in [0, 0.05) is 21.5 Å². The molecule has 33 heavy (non-hydrogen) atoms. The van der Waals surface area contributed by atoms with Crippen LogP contribution in [0, 0.1) is 0 Å². The van der Waals surface area contributed by atoms with E-state index < -0.39 is 16.1 Å². The molecule has 0 bridgehead atoms. The summed E-state index contributed by atoms with van der Waals surface area (Å²) in [6.45, 7) is 14.7. The maximum atomic E-state index is 4.00. The lowest BCUT2D eigenvalue weighted by atomic mass is 10.3. The Bertz CT molecular complexity index is 1570. The Balaban J connectivity index is 1.43. The SMILES string of the molecule is C[Si](C)(C)c1cc2c(s1)sc1sc(Sc3sc4sc5sc([Si](C)(C)C)cc5c4c3Br)c(Br)c12. The van der Waals surface area contributed by atoms with Crippen molar-refractivity contribution in [3.63, 3.8) is 0 Å². The summed E-state index contributed by atoms with van der Waals surface area (Å²) >= 11 is 21.8. The highest BCUT2D eigenvalue weighted by molar-refractivity contribution is 9.11. The second-order valence-electron chi connectivity index (χ2n) is 10.2. The van der Waals surface area contributed by atoms with E-state index in [0.717, 1.165) is 0 Å². The van der Waals surface area contributed by atoms with E-state index in [4.69, 9.17) is 0 Å². The first kappa shape index (κ1) is 24.3. The minimum atomic E-state index is -1.28. The summed E-state index contributed by atoms with van der Waals surface area (Å²) in [6, 6.07) is 4.97. The maximum absolute atomic E-state index is 4.00. The molecule has 172 valence electrons. The molecule has 0 aliphatic carbocycles. The molecule has 6 aromatic heterocycles. The summed E-state index contributed by atoms with van der Waals surface area (Å²) in [7, 11) is -2.57. The fourth-order valence-electron chi connectivity index (χ4n) is 3.72. The van der Waals surface area contributed by atoms with E-state index in [1.807, 2.05) is 79.8 Å². The molecule has 0 radical (unpaired) electrons. The van der Waals surface area contributed by atoms with Crippen LogP contribution in [-0.4, -0.2) is 16.1 Å². The minimum absolute atomic E-state index is 1.28. The van der Waals surface area contributed by atoms with Gasteiger partial charge in [-0.1, -0.05) is 51.0 Å². The average Bonchev–Trinajstić information content (AvgIpc) is 3.46. The minimum Gasteiger partial charge on any atom is -0.134 e. The molecule has 0 spiro atoms. The summed E-state index contributed by atoms with van der Waals surface area (Å²) in [4.78, 5) is 0. The molecule has 0 N–H and O–H groups in total. The van der Waals surface area contributed by atoms with Crippen molar-refractivity contribution < 1.29 is 0 Å². The molecule has 0 aliphatic heterocycles. The highest BCUT2D eigenvalue weighted by Crippen LogP contribution is 2.56. The normalized spacial score (nSPS) is 13.6. The third kappa shape index (κ3) is 4.00. The summed E-state index contributed by atoms with van der Waals surface area (Å²) in [6.07, 6.45) is 0. The molecule has 0 saturated carbocycles. The van der Waals surface area contributed by atoms with E-state index >= 15 is 0 Å². The summed E-state index contributed by atoms with van der Waals surface area (Å²) < 4.78 is 14.4. The molecule has 0 atom stereocenters. The molecule has 0 unspecified atom stereocenters. The van der Waals surface area contributed by atoms with Crippen molar-refractivity contribution in [3.8, 4) is 0 Å². The smallest absolute Gasteiger partial charge is 0.0910 e. The Labute approximate surface area is 240 Å². The van der Waals surface area contributed by atoms with Crippen LogP contribution in [0.15, 0.2) is 29.5 Å².